The van der Waals surface area contributed by atoms with Crippen molar-refractivity contribution in [3.05, 3.63) is 82.2 Å². The number of phenols is 1. The monoisotopic (exact) mass is 430 g/mol. The van der Waals surface area contributed by atoms with Crippen LogP contribution < -0.4 is 15.6 Å². The van der Waals surface area contributed by atoms with Gasteiger partial charge in [-0.3, -0.25) is 20.4 Å². The zero-order chi connectivity index (χ0) is 19.2. The van der Waals surface area contributed by atoms with Gasteiger partial charge in [-0.25, -0.2) is 0 Å². The zero-order valence-corrected chi connectivity index (χ0v) is 15.5. The Morgan fingerprint density at radius 3 is 2.48 bits per heavy atom. The third kappa shape index (κ3) is 4.89. The van der Waals surface area contributed by atoms with E-state index in [1.165, 1.54) is 18.2 Å². The molecule has 8 heteroatoms. The molecule has 27 heavy (non-hydrogen) atoms. The molecular formula is C19H15BrN2O5. The number of halogens is 1. The van der Waals surface area contributed by atoms with Crippen molar-refractivity contribution in [1.82, 2.24) is 10.9 Å². The van der Waals surface area contributed by atoms with Gasteiger partial charge in [0.05, 0.1) is 5.56 Å². The Hall–Kier alpha value is -3.26. The van der Waals surface area contributed by atoms with Gasteiger partial charge < -0.3 is 14.3 Å². The highest BCUT2D eigenvalue weighted by Gasteiger charge is 2.15. The lowest BCUT2D eigenvalue weighted by molar-refractivity contribution is 0.0827. The minimum Gasteiger partial charge on any atom is -0.507 e. The van der Waals surface area contributed by atoms with Gasteiger partial charge in [-0.15, -0.1) is 0 Å². The molecule has 2 amide bonds. The molecule has 3 rings (SSSR count). The van der Waals surface area contributed by atoms with Gasteiger partial charge in [0.1, 0.15) is 23.9 Å². The molecular weight excluding hydrogens is 416 g/mol. The fourth-order valence-corrected chi connectivity index (χ4v) is 2.54. The lowest BCUT2D eigenvalue weighted by Gasteiger charge is -2.07. The first-order valence-corrected chi connectivity index (χ1v) is 8.68. The third-order valence-electron chi connectivity index (χ3n) is 3.50. The Morgan fingerprint density at radius 1 is 1.00 bits per heavy atom. The summed E-state index contributed by atoms with van der Waals surface area (Å²) in [5.74, 6) is -0.350. The number of para-hydroxylation sites is 1. The molecule has 0 aliphatic rings. The molecule has 0 aliphatic carbocycles. The highest BCUT2D eigenvalue weighted by atomic mass is 79.9. The van der Waals surface area contributed by atoms with Crippen molar-refractivity contribution in [2.24, 2.45) is 0 Å². The van der Waals surface area contributed by atoms with Crippen LogP contribution in [-0.2, 0) is 6.61 Å². The summed E-state index contributed by atoms with van der Waals surface area (Å²) >= 11 is 3.18. The number of ether oxygens (including phenoxy) is 1. The fraction of sp³-hybridized carbons (Fsp3) is 0.0526. The van der Waals surface area contributed by atoms with Crippen molar-refractivity contribution in [2.45, 2.75) is 6.61 Å². The van der Waals surface area contributed by atoms with E-state index in [1.807, 2.05) is 30.3 Å². The summed E-state index contributed by atoms with van der Waals surface area (Å²) in [6, 6.07) is 16.7. The molecule has 138 valence electrons. The van der Waals surface area contributed by atoms with Gasteiger partial charge in [-0.1, -0.05) is 34.1 Å². The summed E-state index contributed by atoms with van der Waals surface area (Å²) in [6.07, 6.45) is 0. The van der Waals surface area contributed by atoms with Crippen LogP contribution in [0.3, 0.4) is 0 Å². The number of carbonyl (C=O) groups is 2. The second-order valence-corrected chi connectivity index (χ2v) is 6.35. The van der Waals surface area contributed by atoms with Crippen molar-refractivity contribution < 1.29 is 23.8 Å². The molecule has 2 aromatic carbocycles. The maximum atomic E-state index is 12.1. The molecule has 0 saturated heterocycles. The number of furan rings is 1. The van der Waals surface area contributed by atoms with Gasteiger partial charge in [0.15, 0.2) is 5.76 Å². The van der Waals surface area contributed by atoms with Crippen molar-refractivity contribution in [1.29, 1.82) is 0 Å². The largest absolute Gasteiger partial charge is 0.507 e. The van der Waals surface area contributed by atoms with Crippen LogP contribution >= 0.6 is 15.9 Å². The molecule has 0 radical (unpaired) electrons. The Bertz CT molecular complexity index is 956. The zero-order valence-electron chi connectivity index (χ0n) is 13.9. The number of hydrogen-bond donors (Lipinski definition) is 3. The van der Waals surface area contributed by atoms with E-state index < -0.39 is 11.8 Å². The number of phenolic OH excluding ortho intramolecular Hbond substituents is 1. The molecule has 0 fully saturated rings. The standard InChI is InChI=1S/C19H15BrN2O5/c20-12-6-8-15(16(23)10-12)18(24)21-22-19(25)17-9-7-14(27-17)11-26-13-4-2-1-3-5-13/h1-10,23H,11H2,(H,21,24)(H,22,25). The first-order valence-electron chi connectivity index (χ1n) is 7.88. The van der Waals surface area contributed by atoms with E-state index >= 15 is 0 Å². The minimum absolute atomic E-state index is 0.0157. The Morgan fingerprint density at radius 2 is 1.74 bits per heavy atom. The summed E-state index contributed by atoms with van der Waals surface area (Å²) in [6.45, 7) is 0.163. The van der Waals surface area contributed by atoms with E-state index in [2.05, 4.69) is 26.8 Å². The van der Waals surface area contributed by atoms with Crippen molar-refractivity contribution in [2.75, 3.05) is 0 Å². The Kier molecular flexibility index (Phi) is 5.77. The molecule has 0 atom stereocenters. The predicted molar refractivity (Wildman–Crippen MR) is 100 cm³/mol. The molecule has 0 aliphatic heterocycles. The van der Waals surface area contributed by atoms with Crippen LogP contribution in [0, 0.1) is 0 Å². The van der Waals surface area contributed by atoms with Crippen LogP contribution in [0.25, 0.3) is 0 Å². The molecule has 0 unspecified atom stereocenters. The average molecular weight is 431 g/mol. The Balaban J connectivity index is 1.54. The molecule has 1 aromatic heterocycles. The maximum Gasteiger partial charge on any atom is 0.305 e. The van der Waals surface area contributed by atoms with Crippen LogP contribution in [-0.4, -0.2) is 16.9 Å². The summed E-state index contributed by atoms with van der Waals surface area (Å²) in [4.78, 5) is 24.1. The van der Waals surface area contributed by atoms with Gasteiger partial charge >= 0.3 is 5.91 Å². The van der Waals surface area contributed by atoms with Crippen molar-refractivity contribution >= 4 is 27.7 Å². The number of hydrogen-bond acceptors (Lipinski definition) is 5. The third-order valence-corrected chi connectivity index (χ3v) is 4.00. The summed E-state index contributed by atoms with van der Waals surface area (Å²) in [5.41, 5.74) is 4.47. The van der Waals surface area contributed by atoms with Crippen LogP contribution in [0.1, 0.15) is 26.7 Å². The maximum absolute atomic E-state index is 12.1. The normalized spacial score (nSPS) is 10.3. The van der Waals surface area contributed by atoms with E-state index in [0.29, 0.717) is 16.0 Å². The van der Waals surface area contributed by atoms with Crippen LogP contribution in [0.5, 0.6) is 11.5 Å². The molecule has 0 spiro atoms. The number of hydrazine groups is 1. The number of benzene rings is 2. The average Bonchev–Trinajstić information content (AvgIpc) is 3.14. The topological polar surface area (TPSA) is 101 Å². The van der Waals surface area contributed by atoms with E-state index in [4.69, 9.17) is 9.15 Å². The highest BCUT2D eigenvalue weighted by Crippen LogP contribution is 2.22. The van der Waals surface area contributed by atoms with Gasteiger partial charge in [-0.2, -0.15) is 0 Å². The second kappa shape index (κ2) is 8.41. The quantitative estimate of drug-likeness (QED) is 0.538. The fourth-order valence-electron chi connectivity index (χ4n) is 2.19. The SMILES string of the molecule is O=C(NNC(=O)c1ccc(Br)cc1O)c1ccc(COc2ccccc2)o1. The van der Waals surface area contributed by atoms with Crippen molar-refractivity contribution in [3.8, 4) is 11.5 Å². The molecule has 3 N–H and O–H groups in total. The minimum atomic E-state index is -0.660. The number of carbonyl (C=O) groups excluding carboxylic acids is 2. The predicted octanol–water partition coefficient (Wildman–Crippen LogP) is 3.40. The first-order chi connectivity index (χ1) is 13.0. The van der Waals surface area contributed by atoms with Crippen LogP contribution in [0.2, 0.25) is 0 Å². The van der Waals surface area contributed by atoms with Crippen molar-refractivity contribution in [3.63, 3.8) is 0 Å². The Labute approximate surface area is 163 Å². The van der Waals surface area contributed by atoms with Crippen LogP contribution in [0.4, 0.5) is 0 Å². The van der Waals surface area contributed by atoms with E-state index in [1.54, 1.807) is 12.1 Å². The first kappa shape index (κ1) is 18.5. The smallest absolute Gasteiger partial charge is 0.305 e. The van der Waals surface area contributed by atoms with E-state index in [-0.39, 0.29) is 23.7 Å². The lowest BCUT2D eigenvalue weighted by atomic mass is 10.2. The molecule has 3 aromatic rings. The second-order valence-electron chi connectivity index (χ2n) is 5.44. The highest BCUT2D eigenvalue weighted by molar-refractivity contribution is 9.10. The number of aromatic hydroxyl groups is 1. The summed E-state index contributed by atoms with van der Waals surface area (Å²) in [5, 5.41) is 9.76. The number of rotatable bonds is 5. The van der Waals surface area contributed by atoms with Gasteiger partial charge in [0, 0.05) is 4.47 Å². The molecule has 7 nitrogen and oxygen atoms in total. The van der Waals surface area contributed by atoms with Gasteiger partial charge in [-0.05, 0) is 42.5 Å². The van der Waals surface area contributed by atoms with E-state index in [0.717, 1.165) is 0 Å². The van der Waals surface area contributed by atoms with E-state index in [9.17, 15) is 14.7 Å². The molecule has 1 heterocycles. The summed E-state index contributed by atoms with van der Waals surface area (Å²) in [7, 11) is 0. The summed E-state index contributed by atoms with van der Waals surface area (Å²) < 4.78 is 11.6. The molecule has 0 saturated carbocycles. The van der Waals surface area contributed by atoms with Gasteiger partial charge in [0.2, 0.25) is 0 Å². The van der Waals surface area contributed by atoms with Gasteiger partial charge in [0.25, 0.3) is 5.91 Å². The lowest BCUT2D eigenvalue weighted by Crippen LogP contribution is -2.41. The number of amides is 2. The van der Waals surface area contributed by atoms with Crippen LogP contribution in [0.15, 0.2) is 69.6 Å². The molecule has 0 bridgehead atoms. The number of nitrogens with one attached hydrogen (secondary N) is 2.